The lowest BCUT2D eigenvalue weighted by Crippen LogP contribution is -2.22. The van der Waals surface area contributed by atoms with Gasteiger partial charge in [0.25, 0.3) is 0 Å². The van der Waals surface area contributed by atoms with Crippen molar-refractivity contribution in [3.63, 3.8) is 0 Å². The van der Waals surface area contributed by atoms with Crippen molar-refractivity contribution in [1.29, 1.82) is 5.26 Å². The van der Waals surface area contributed by atoms with Crippen LogP contribution >= 0.6 is 0 Å². The van der Waals surface area contributed by atoms with Gasteiger partial charge in [-0.05, 0) is 6.42 Å². The van der Waals surface area contributed by atoms with Gasteiger partial charge in [0.15, 0.2) is 6.29 Å². The van der Waals surface area contributed by atoms with E-state index < -0.39 is 6.10 Å². The zero-order chi connectivity index (χ0) is 9.42. The van der Waals surface area contributed by atoms with Crippen LogP contribution in [0.15, 0.2) is 0 Å². The molecule has 0 aromatic heterocycles. The number of hydrogen-bond acceptors (Lipinski definition) is 4. The molecule has 1 aliphatic heterocycles. The van der Waals surface area contributed by atoms with E-state index in [0.717, 1.165) is 0 Å². The maximum absolute atomic E-state index is 9.71. The molecule has 4 heteroatoms. The maximum Gasteiger partial charge on any atom is 0.158 e. The van der Waals surface area contributed by atoms with E-state index in [9.17, 15) is 5.11 Å². The molecule has 72 valence electrons. The third-order valence-corrected chi connectivity index (χ3v) is 3.03. The first kappa shape index (κ1) is 8.95. The van der Waals surface area contributed by atoms with Crippen LogP contribution in [0.2, 0.25) is 0 Å². The first-order valence-electron chi connectivity index (χ1n) is 4.52. The smallest absolute Gasteiger partial charge is 0.158 e. The van der Waals surface area contributed by atoms with Crippen molar-refractivity contribution in [2.24, 2.45) is 11.8 Å². The molecule has 0 bridgehead atoms. The summed E-state index contributed by atoms with van der Waals surface area (Å²) in [5.41, 5.74) is 0. The van der Waals surface area contributed by atoms with Gasteiger partial charge >= 0.3 is 0 Å². The van der Waals surface area contributed by atoms with Crippen LogP contribution in [0.3, 0.4) is 0 Å². The Morgan fingerprint density at radius 1 is 1.54 bits per heavy atom. The molecule has 0 spiro atoms. The Morgan fingerprint density at radius 2 is 2.31 bits per heavy atom. The summed E-state index contributed by atoms with van der Waals surface area (Å²) >= 11 is 0. The highest BCUT2D eigenvalue weighted by Crippen LogP contribution is 2.42. The van der Waals surface area contributed by atoms with E-state index in [1.54, 1.807) is 7.11 Å². The van der Waals surface area contributed by atoms with Crippen molar-refractivity contribution < 1.29 is 14.6 Å². The highest BCUT2D eigenvalue weighted by Gasteiger charge is 2.49. The predicted molar refractivity (Wildman–Crippen MR) is 43.5 cm³/mol. The quantitative estimate of drug-likeness (QED) is 0.633. The number of aliphatic hydroxyl groups is 1. The highest BCUT2D eigenvalue weighted by atomic mass is 16.7. The fourth-order valence-electron chi connectivity index (χ4n) is 2.28. The van der Waals surface area contributed by atoms with Gasteiger partial charge in [-0.3, -0.25) is 0 Å². The highest BCUT2D eigenvalue weighted by molar-refractivity contribution is 5.03. The number of ether oxygens (including phenoxy) is 2. The van der Waals surface area contributed by atoms with Gasteiger partial charge in [0, 0.05) is 19.4 Å². The molecule has 2 aliphatic rings. The van der Waals surface area contributed by atoms with E-state index in [2.05, 4.69) is 6.07 Å². The van der Waals surface area contributed by atoms with Crippen molar-refractivity contribution >= 4 is 0 Å². The van der Waals surface area contributed by atoms with E-state index in [1.165, 1.54) is 0 Å². The second-order valence-corrected chi connectivity index (χ2v) is 3.70. The molecule has 0 aromatic rings. The van der Waals surface area contributed by atoms with Crippen molar-refractivity contribution in [3.8, 4) is 6.07 Å². The van der Waals surface area contributed by atoms with Crippen LogP contribution in [-0.4, -0.2) is 30.7 Å². The number of fused-ring (bicyclic) bond motifs is 1. The fourth-order valence-corrected chi connectivity index (χ4v) is 2.28. The molecule has 1 saturated heterocycles. The van der Waals surface area contributed by atoms with Crippen LogP contribution in [0.1, 0.15) is 12.8 Å². The van der Waals surface area contributed by atoms with Crippen LogP contribution in [0.5, 0.6) is 0 Å². The van der Waals surface area contributed by atoms with Gasteiger partial charge in [-0.1, -0.05) is 0 Å². The number of nitriles is 1. The van der Waals surface area contributed by atoms with E-state index in [-0.39, 0.29) is 24.2 Å². The number of nitrogens with zero attached hydrogens (tertiary/aromatic N) is 1. The summed E-state index contributed by atoms with van der Waals surface area (Å²) in [4.78, 5) is 0. The standard InChI is InChI=1S/C9H13NO3/c1-12-8-3-6-7(13-8)2-5(4-10)9(6)11/h5-9,11H,2-3H2,1H3/t5-,6+,7+,8-,9-/m0/s1. The van der Waals surface area contributed by atoms with E-state index in [0.29, 0.717) is 12.8 Å². The van der Waals surface area contributed by atoms with Crippen molar-refractivity contribution in [3.05, 3.63) is 0 Å². The Kier molecular flexibility index (Phi) is 2.24. The fraction of sp³-hybridized carbons (Fsp3) is 0.889. The predicted octanol–water partition coefficient (Wildman–Crippen LogP) is 0.268. The zero-order valence-corrected chi connectivity index (χ0v) is 7.51. The van der Waals surface area contributed by atoms with Gasteiger partial charge in [-0.25, -0.2) is 0 Å². The van der Waals surface area contributed by atoms with Crippen LogP contribution in [0.25, 0.3) is 0 Å². The minimum absolute atomic E-state index is 0.0181. The van der Waals surface area contributed by atoms with Crippen LogP contribution in [0.4, 0.5) is 0 Å². The van der Waals surface area contributed by atoms with Gasteiger partial charge in [-0.2, -0.15) is 5.26 Å². The van der Waals surface area contributed by atoms with E-state index in [4.69, 9.17) is 14.7 Å². The average Bonchev–Trinajstić information content (AvgIpc) is 2.65. The zero-order valence-electron chi connectivity index (χ0n) is 7.51. The lowest BCUT2D eigenvalue weighted by molar-refractivity contribution is -0.115. The molecule has 1 saturated carbocycles. The van der Waals surface area contributed by atoms with Crippen LogP contribution in [-0.2, 0) is 9.47 Å². The minimum Gasteiger partial charge on any atom is -0.391 e. The van der Waals surface area contributed by atoms with E-state index >= 15 is 0 Å². The molecule has 1 N–H and O–H groups in total. The Bertz CT molecular complexity index is 238. The van der Waals surface area contributed by atoms with Gasteiger partial charge in [0.1, 0.15) is 0 Å². The molecule has 0 unspecified atom stereocenters. The minimum atomic E-state index is -0.532. The molecule has 5 atom stereocenters. The van der Waals surface area contributed by atoms with Crippen LogP contribution in [0, 0.1) is 23.2 Å². The Labute approximate surface area is 77.1 Å². The number of aliphatic hydroxyl groups excluding tert-OH is 1. The molecule has 1 heterocycles. The topological polar surface area (TPSA) is 62.5 Å². The molecular formula is C9H13NO3. The molecule has 2 fully saturated rings. The summed E-state index contributed by atoms with van der Waals surface area (Å²) < 4.78 is 10.6. The molecule has 2 rings (SSSR count). The number of rotatable bonds is 1. The number of methoxy groups -OCH3 is 1. The van der Waals surface area contributed by atoms with Gasteiger partial charge < -0.3 is 14.6 Å². The monoisotopic (exact) mass is 183 g/mol. The molecule has 0 amide bonds. The summed E-state index contributed by atoms with van der Waals surface area (Å²) in [6, 6.07) is 2.10. The Balaban J connectivity index is 2.03. The summed E-state index contributed by atoms with van der Waals surface area (Å²) in [5.74, 6) is -0.164. The second-order valence-electron chi connectivity index (χ2n) is 3.70. The van der Waals surface area contributed by atoms with Gasteiger partial charge in [-0.15, -0.1) is 0 Å². The number of hydrogen-bond donors (Lipinski definition) is 1. The second kappa shape index (κ2) is 3.26. The average molecular weight is 183 g/mol. The Hall–Kier alpha value is -0.630. The summed E-state index contributed by atoms with van der Waals surface area (Å²) in [7, 11) is 1.60. The van der Waals surface area contributed by atoms with Gasteiger partial charge in [0.2, 0.25) is 0 Å². The SMILES string of the molecule is CO[C@@H]1C[C@H]2[C@@H](O)[C@H](C#N)C[C@H]2O1. The van der Waals surface area contributed by atoms with Gasteiger partial charge in [0.05, 0.1) is 24.2 Å². The lowest BCUT2D eigenvalue weighted by Gasteiger charge is -2.13. The first-order chi connectivity index (χ1) is 6.26. The van der Waals surface area contributed by atoms with Crippen LogP contribution < -0.4 is 0 Å². The summed E-state index contributed by atoms with van der Waals surface area (Å²) in [6.07, 6.45) is 0.645. The summed E-state index contributed by atoms with van der Waals surface area (Å²) in [6.45, 7) is 0. The molecule has 13 heavy (non-hydrogen) atoms. The summed E-state index contributed by atoms with van der Waals surface area (Å²) in [5, 5.41) is 18.4. The molecule has 1 aliphatic carbocycles. The third-order valence-electron chi connectivity index (χ3n) is 3.03. The molecular weight excluding hydrogens is 170 g/mol. The maximum atomic E-state index is 9.71. The largest absolute Gasteiger partial charge is 0.391 e. The lowest BCUT2D eigenvalue weighted by atomic mass is 9.99. The van der Waals surface area contributed by atoms with Crippen molar-refractivity contribution in [2.45, 2.75) is 31.3 Å². The third kappa shape index (κ3) is 1.33. The van der Waals surface area contributed by atoms with E-state index in [1.807, 2.05) is 0 Å². The molecule has 0 radical (unpaired) electrons. The molecule has 4 nitrogen and oxygen atoms in total. The normalized spacial score (nSPS) is 48.8. The van der Waals surface area contributed by atoms with Crippen molar-refractivity contribution in [1.82, 2.24) is 0 Å². The van der Waals surface area contributed by atoms with Crippen molar-refractivity contribution in [2.75, 3.05) is 7.11 Å². The Morgan fingerprint density at radius 3 is 2.85 bits per heavy atom. The first-order valence-corrected chi connectivity index (χ1v) is 4.52. The molecule has 0 aromatic carbocycles.